The van der Waals surface area contributed by atoms with Gasteiger partial charge in [0.05, 0.1) is 6.61 Å². The zero-order valence-electron chi connectivity index (χ0n) is 15.7. The lowest BCUT2D eigenvalue weighted by Crippen LogP contribution is -2.48. The van der Waals surface area contributed by atoms with Crippen molar-refractivity contribution in [1.82, 2.24) is 5.32 Å². The minimum atomic E-state index is -1.09. The number of ether oxygens (including phenoxy) is 2. The highest BCUT2D eigenvalue weighted by Crippen LogP contribution is 2.22. The monoisotopic (exact) mass is 356 g/mol. The molecule has 0 radical (unpaired) electrons. The molecule has 140 valence electrons. The minimum Gasteiger partial charge on any atom is -0.493 e. The molecule has 0 saturated heterocycles. The van der Waals surface area contributed by atoms with E-state index in [0.29, 0.717) is 19.8 Å². The SMILES string of the molecule is COCCCOc1cc(C)ccc1CNC(=O)C(C)(N)c1ccccc1. The maximum atomic E-state index is 12.6. The first-order valence-electron chi connectivity index (χ1n) is 8.79. The molecule has 26 heavy (non-hydrogen) atoms. The highest BCUT2D eigenvalue weighted by Gasteiger charge is 2.30. The van der Waals surface area contributed by atoms with Crippen molar-refractivity contribution in [3.8, 4) is 5.75 Å². The van der Waals surface area contributed by atoms with Crippen molar-refractivity contribution in [2.75, 3.05) is 20.3 Å². The normalized spacial score (nSPS) is 13.1. The second-order valence-corrected chi connectivity index (χ2v) is 6.56. The Labute approximate surface area is 155 Å². The van der Waals surface area contributed by atoms with Crippen LogP contribution in [0.5, 0.6) is 5.75 Å². The second-order valence-electron chi connectivity index (χ2n) is 6.56. The van der Waals surface area contributed by atoms with Crippen LogP contribution in [0.2, 0.25) is 0 Å². The van der Waals surface area contributed by atoms with E-state index in [9.17, 15) is 4.79 Å². The Morgan fingerprint density at radius 2 is 1.88 bits per heavy atom. The van der Waals surface area contributed by atoms with Gasteiger partial charge >= 0.3 is 0 Å². The standard InChI is InChI=1S/C21H28N2O3/c1-16-10-11-17(19(14-16)26-13-7-12-25-3)15-23-20(24)21(2,22)18-8-5-4-6-9-18/h4-6,8-11,14H,7,12-13,15,22H2,1-3H3,(H,23,24). The van der Waals surface area contributed by atoms with Crippen molar-refractivity contribution in [1.29, 1.82) is 0 Å². The average molecular weight is 356 g/mol. The molecule has 5 nitrogen and oxygen atoms in total. The number of carbonyl (C=O) groups excluding carboxylic acids is 1. The van der Waals surface area contributed by atoms with Crippen LogP contribution in [0.15, 0.2) is 48.5 Å². The third kappa shape index (κ3) is 5.31. The van der Waals surface area contributed by atoms with Crippen molar-refractivity contribution in [3.05, 3.63) is 65.2 Å². The van der Waals surface area contributed by atoms with Gasteiger partial charge in [0.25, 0.3) is 0 Å². The summed E-state index contributed by atoms with van der Waals surface area (Å²) in [6.07, 6.45) is 0.811. The van der Waals surface area contributed by atoms with Crippen LogP contribution in [0.1, 0.15) is 30.0 Å². The fourth-order valence-corrected chi connectivity index (χ4v) is 2.60. The summed E-state index contributed by atoms with van der Waals surface area (Å²) in [7, 11) is 1.67. The van der Waals surface area contributed by atoms with E-state index in [1.165, 1.54) is 0 Å². The largest absolute Gasteiger partial charge is 0.493 e. The number of hydrogen-bond acceptors (Lipinski definition) is 4. The van der Waals surface area contributed by atoms with Crippen LogP contribution in [0, 0.1) is 6.92 Å². The molecule has 2 aromatic rings. The molecule has 1 unspecified atom stereocenters. The molecule has 0 bridgehead atoms. The van der Waals surface area contributed by atoms with E-state index in [-0.39, 0.29) is 5.91 Å². The number of carbonyl (C=O) groups is 1. The molecular formula is C21H28N2O3. The number of amides is 1. The summed E-state index contributed by atoms with van der Waals surface area (Å²) in [6, 6.07) is 15.3. The van der Waals surface area contributed by atoms with Crippen molar-refractivity contribution in [3.63, 3.8) is 0 Å². The third-order valence-corrected chi connectivity index (χ3v) is 4.26. The van der Waals surface area contributed by atoms with Gasteiger partial charge in [0.1, 0.15) is 11.3 Å². The molecule has 0 aliphatic rings. The summed E-state index contributed by atoms with van der Waals surface area (Å²) in [5.74, 6) is 0.550. The Balaban J connectivity index is 2.03. The van der Waals surface area contributed by atoms with E-state index in [4.69, 9.17) is 15.2 Å². The average Bonchev–Trinajstić information content (AvgIpc) is 2.65. The molecule has 2 aromatic carbocycles. The van der Waals surface area contributed by atoms with Crippen molar-refractivity contribution in [2.45, 2.75) is 32.4 Å². The smallest absolute Gasteiger partial charge is 0.244 e. The quantitative estimate of drug-likeness (QED) is 0.678. The van der Waals surface area contributed by atoms with Crippen molar-refractivity contribution < 1.29 is 14.3 Å². The molecule has 0 heterocycles. The van der Waals surface area contributed by atoms with E-state index in [0.717, 1.165) is 28.9 Å². The maximum Gasteiger partial charge on any atom is 0.244 e. The molecule has 2 rings (SSSR count). The molecule has 3 N–H and O–H groups in total. The number of aryl methyl sites for hydroxylation is 1. The summed E-state index contributed by atoms with van der Waals surface area (Å²) >= 11 is 0. The van der Waals surface area contributed by atoms with Crippen LogP contribution in [0.4, 0.5) is 0 Å². The lowest BCUT2D eigenvalue weighted by molar-refractivity contribution is -0.126. The molecule has 0 fully saturated rings. The number of nitrogens with two attached hydrogens (primary N) is 1. The first-order valence-corrected chi connectivity index (χ1v) is 8.79. The van der Waals surface area contributed by atoms with Crippen LogP contribution >= 0.6 is 0 Å². The first-order chi connectivity index (χ1) is 12.4. The molecule has 0 spiro atoms. The van der Waals surface area contributed by atoms with Crippen LogP contribution < -0.4 is 15.8 Å². The van der Waals surface area contributed by atoms with Crippen LogP contribution in [-0.2, 0) is 21.6 Å². The van der Waals surface area contributed by atoms with Crippen LogP contribution in [0.3, 0.4) is 0 Å². The van der Waals surface area contributed by atoms with E-state index in [2.05, 4.69) is 5.32 Å². The number of rotatable bonds is 9. The number of benzene rings is 2. The summed E-state index contributed by atoms with van der Waals surface area (Å²) in [5.41, 5.74) is 7.98. The lowest BCUT2D eigenvalue weighted by atomic mass is 9.92. The van der Waals surface area contributed by atoms with Gasteiger partial charge in [-0.15, -0.1) is 0 Å². The molecular weight excluding hydrogens is 328 g/mol. The lowest BCUT2D eigenvalue weighted by Gasteiger charge is -2.24. The predicted molar refractivity (Wildman–Crippen MR) is 103 cm³/mol. The Morgan fingerprint density at radius 3 is 2.58 bits per heavy atom. The Morgan fingerprint density at radius 1 is 1.15 bits per heavy atom. The van der Waals surface area contributed by atoms with Gasteiger partial charge in [-0.2, -0.15) is 0 Å². The molecule has 0 aliphatic carbocycles. The Kier molecular flexibility index (Phi) is 7.18. The summed E-state index contributed by atoms with van der Waals surface area (Å²) in [6.45, 7) is 5.31. The molecule has 1 atom stereocenters. The summed E-state index contributed by atoms with van der Waals surface area (Å²) < 4.78 is 10.9. The fourth-order valence-electron chi connectivity index (χ4n) is 2.60. The van der Waals surface area contributed by atoms with Gasteiger partial charge in [0.15, 0.2) is 0 Å². The zero-order chi connectivity index (χ0) is 19.0. The topological polar surface area (TPSA) is 73.6 Å². The molecule has 0 aliphatic heterocycles. The van der Waals surface area contributed by atoms with Crippen molar-refractivity contribution >= 4 is 5.91 Å². The maximum absolute atomic E-state index is 12.6. The highest BCUT2D eigenvalue weighted by molar-refractivity contribution is 5.87. The predicted octanol–water partition coefficient (Wildman–Crippen LogP) is 2.90. The van der Waals surface area contributed by atoms with Gasteiger partial charge in [-0.3, -0.25) is 4.79 Å². The Hall–Kier alpha value is -2.37. The highest BCUT2D eigenvalue weighted by atomic mass is 16.5. The molecule has 1 amide bonds. The van der Waals surface area contributed by atoms with Gasteiger partial charge in [-0.25, -0.2) is 0 Å². The zero-order valence-corrected chi connectivity index (χ0v) is 15.7. The second kappa shape index (κ2) is 9.36. The molecule has 5 heteroatoms. The Bertz CT molecular complexity index is 714. The van der Waals surface area contributed by atoms with Gasteiger partial charge in [0, 0.05) is 32.2 Å². The van der Waals surface area contributed by atoms with Crippen LogP contribution in [0.25, 0.3) is 0 Å². The third-order valence-electron chi connectivity index (χ3n) is 4.26. The fraction of sp³-hybridized carbons (Fsp3) is 0.381. The molecule has 0 aromatic heterocycles. The van der Waals surface area contributed by atoms with Crippen molar-refractivity contribution in [2.24, 2.45) is 5.73 Å². The van der Waals surface area contributed by atoms with E-state index in [1.807, 2.05) is 55.5 Å². The number of hydrogen-bond donors (Lipinski definition) is 2. The summed E-state index contributed by atoms with van der Waals surface area (Å²) in [4.78, 5) is 12.6. The van der Waals surface area contributed by atoms with E-state index < -0.39 is 5.54 Å². The minimum absolute atomic E-state index is 0.227. The van der Waals surface area contributed by atoms with Gasteiger partial charge in [-0.1, -0.05) is 42.5 Å². The summed E-state index contributed by atoms with van der Waals surface area (Å²) in [5, 5.41) is 2.93. The van der Waals surface area contributed by atoms with Gasteiger partial charge in [-0.05, 0) is 31.0 Å². The number of nitrogens with one attached hydrogen (secondary N) is 1. The molecule has 0 saturated carbocycles. The van der Waals surface area contributed by atoms with Gasteiger partial charge in [0.2, 0.25) is 5.91 Å². The van der Waals surface area contributed by atoms with E-state index in [1.54, 1.807) is 14.0 Å². The van der Waals surface area contributed by atoms with E-state index >= 15 is 0 Å². The number of methoxy groups -OCH3 is 1. The van der Waals surface area contributed by atoms with Gasteiger partial charge < -0.3 is 20.5 Å². The first kappa shape index (κ1) is 19.9. The van der Waals surface area contributed by atoms with Crippen LogP contribution in [-0.4, -0.2) is 26.2 Å².